The number of aliphatic carboxylic acids is 1. The zero-order valence-electron chi connectivity index (χ0n) is 21.8. The molecule has 0 radical (unpaired) electrons. The fraction of sp³-hybridized carbons (Fsp3) is 0.926. The van der Waals surface area contributed by atoms with Crippen LogP contribution in [0.1, 0.15) is 59.3 Å². The van der Waals surface area contributed by atoms with Gasteiger partial charge in [0.15, 0.2) is 0 Å². The number of esters is 1. The number of fused-ring (bicyclic) bond motifs is 6. The fourth-order valence-electron chi connectivity index (χ4n) is 10.4. The van der Waals surface area contributed by atoms with E-state index >= 15 is 0 Å². The molecule has 0 unspecified atom stereocenters. The summed E-state index contributed by atoms with van der Waals surface area (Å²) in [6.07, 6.45) is -2.49. The van der Waals surface area contributed by atoms with Crippen LogP contribution in [0.15, 0.2) is 0 Å². The Bertz CT molecular complexity index is 1000. The molecule has 3 heterocycles. The molecule has 6 aliphatic rings. The van der Waals surface area contributed by atoms with Crippen molar-refractivity contribution in [1.82, 2.24) is 4.90 Å². The number of nitrogens with zero attached hydrogens (tertiary/aromatic N) is 1. The van der Waals surface area contributed by atoms with Crippen LogP contribution in [-0.2, 0) is 14.3 Å². The molecule has 2 bridgehead atoms. The molecule has 6 fully saturated rings. The molecule has 3 saturated carbocycles. The first kappa shape index (κ1) is 26.0. The molecule has 0 aromatic heterocycles. The average molecular weight is 524 g/mol. The van der Waals surface area contributed by atoms with Gasteiger partial charge in [0.25, 0.3) is 0 Å². The van der Waals surface area contributed by atoms with E-state index in [0.717, 1.165) is 19.4 Å². The first-order valence-electron chi connectivity index (χ1n) is 13.9. The number of aliphatic hydroxyl groups is 5. The number of carboxylic acid groups (broad SMARTS) is 1. The van der Waals surface area contributed by atoms with Crippen molar-refractivity contribution in [2.45, 2.75) is 100 Å². The lowest BCUT2D eigenvalue weighted by atomic mass is 9.51. The number of hydrogen-bond acceptors (Lipinski definition) is 9. The fourth-order valence-corrected chi connectivity index (χ4v) is 10.4. The third kappa shape index (κ3) is 3.03. The normalized spacial score (nSPS) is 58.6. The molecule has 37 heavy (non-hydrogen) atoms. The highest BCUT2D eigenvalue weighted by Crippen LogP contribution is 2.72. The second kappa shape index (κ2) is 7.88. The van der Waals surface area contributed by atoms with Crippen molar-refractivity contribution in [2.24, 2.45) is 40.9 Å². The van der Waals surface area contributed by atoms with Crippen molar-refractivity contribution in [1.29, 1.82) is 0 Å². The second-order valence-electron chi connectivity index (χ2n) is 13.7. The Balaban J connectivity index is 1.47. The molecule has 3 saturated heterocycles. The minimum Gasteiger partial charge on any atom is -0.481 e. The lowest BCUT2D eigenvalue weighted by Crippen LogP contribution is -2.76. The maximum atomic E-state index is 13.1. The molecule has 3 aliphatic carbocycles. The van der Waals surface area contributed by atoms with Crippen molar-refractivity contribution >= 4 is 11.9 Å². The Morgan fingerprint density at radius 1 is 1.14 bits per heavy atom. The summed E-state index contributed by atoms with van der Waals surface area (Å²) in [6, 6.07) is -0.181. The van der Waals surface area contributed by atoms with E-state index in [4.69, 9.17) is 4.74 Å². The summed E-state index contributed by atoms with van der Waals surface area (Å²) in [5, 5.41) is 68.2. The quantitative estimate of drug-likeness (QED) is 0.271. The number of ether oxygens (including phenoxy) is 1. The summed E-state index contributed by atoms with van der Waals surface area (Å²) in [5.74, 6) is -4.70. The minimum absolute atomic E-state index is 0.00324. The molecule has 6 N–H and O–H groups in total. The summed E-state index contributed by atoms with van der Waals surface area (Å²) in [7, 11) is 0. The molecule has 10 heteroatoms. The molecule has 1 spiro atoms. The Morgan fingerprint density at radius 3 is 2.51 bits per heavy atom. The van der Waals surface area contributed by atoms with Gasteiger partial charge in [0.2, 0.25) is 0 Å². The smallest absolute Gasteiger partial charge is 0.310 e. The van der Waals surface area contributed by atoms with E-state index in [-0.39, 0.29) is 31.7 Å². The highest BCUT2D eigenvalue weighted by atomic mass is 16.6. The highest BCUT2D eigenvalue weighted by Gasteiger charge is 2.83. The van der Waals surface area contributed by atoms with Gasteiger partial charge in [-0.1, -0.05) is 13.8 Å². The van der Waals surface area contributed by atoms with E-state index in [1.165, 1.54) is 0 Å². The van der Waals surface area contributed by atoms with E-state index in [1.807, 2.05) is 6.92 Å². The second-order valence-corrected chi connectivity index (χ2v) is 13.7. The van der Waals surface area contributed by atoms with Crippen molar-refractivity contribution < 1.29 is 45.0 Å². The molecule has 6 rings (SSSR count). The maximum Gasteiger partial charge on any atom is 0.310 e. The van der Waals surface area contributed by atoms with E-state index in [2.05, 4.69) is 11.8 Å². The van der Waals surface area contributed by atoms with Gasteiger partial charge in [-0.15, -0.1) is 0 Å². The highest BCUT2D eigenvalue weighted by molar-refractivity contribution is 5.78. The van der Waals surface area contributed by atoms with Gasteiger partial charge < -0.3 is 35.4 Å². The number of carbonyl (C=O) groups is 2. The number of piperidine rings is 2. The molecular formula is C27H41NO9. The third-order valence-corrected chi connectivity index (χ3v) is 12.0. The standard InChI is InChI=1S/C27H41NO9/c1-12-4-5-17-25(3,35)19-13(11-28(17)10-12)15-9-26-21(27(15,36)22(33)20(19)32)16(29)8-14(23(34)37-26)24(26,2)7-6-18(30)31/h12-17,19-22,29,32-33,35-36H,4-11H2,1-3H3,(H,30,31)/t12-,13-,14+,15-,16+,17-,19+,20+,21+,22-,24-,25+,26+,27-/m0/s1. The van der Waals surface area contributed by atoms with Crippen molar-refractivity contribution in [3.63, 3.8) is 0 Å². The molecule has 0 amide bonds. The Hall–Kier alpha value is -1.30. The van der Waals surface area contributed by atoms with Crippen LogP contribution in [0.3, 0.4) is 0 Å². The largest absolute Gasteiger partial charge is 0.481 e. The minimum atomic E-state index is -1.97. The summed E-state index contributed by atoms with van der Waals surface area (Å²) in [4.78, 5) is 26.9. The Morgan fingerprint density at radius 2 is 1.84 bits per heavy atom. The van der Waals surface area contributed by atoms with Crippen LogP contribution < -0.4 is 0 Å². The van der Waals surface area contributed by atoms with Crippen LogP contribution in [-0.4, -0.2) is 102 Å². The van der Waals surface area contributed by atoms with Crippen LogP contribution in [0, 0.1) is 40.9 Å². The number of rotatable bonds is 3. The van der Waals surface area contributed by atoms with Crippen LogP contribution in [0.2, 0.25) is 0 Å². The van der Waals surface area contributed by atoms with Crippen LogP contribution in [0.25, 0.3) is 0 Å². The van der Waals surface area contributed by atoms with Gasteiger partial charge in [0.05, 0.1) is 29.6 Å². The third-order valence-electron chi connectivity index (χ3n) is 12.0. The topological polar surface area (TPSA) is 168 Å². The zero-order chi connectivity index (χ0) is 26.9. The average Bonchev–Trinajstić information content (AvgIpc) is 3.14. The summed E-state index contributed by atoms with van der Waals surface area (Å²) >= 11 is 0. The van der Waals surface area contributed by atoms with E-state index in [0.29, 0.717) is 12.5 Å². The summed E-state index contributed by atoms with van der Waals surface area (Å²) < 4.78 is 6.09. The lowest BCUT2D eigenvalue weighted by molar-refractivity contribution is -0.289. The van der Waals surface area contributed by atoms with Crippen LogP contribution in [0.5, 0.6) is 0 Å². The van der Waals surface area contributed by atoms with Gasteiger partial charge in [-0.25, -0.2) is 0 Å². The first-order chi connectivity index (χ1) is 17.2. The monoisotopic (exact) mass is 523 g/mol. The molecule has 10 nitrogen and oxygen atoms in total. The molecule has 208 valence electrons. The number of carboxylic acids is 1. The lowest BCUT2D eigenvalue weighted by Gasteiger charge is -2.63. The van der Waals surface area contributed by atoms with Gasteiger partial charge in [-0.05, 0) is 56.8 Å². The van der Waals surface area contributed by atoms with Gasteiger partial charge >= 0.3 is 11.9 Å². The van der Waals surface area contributed by atoms with Crippen molar-refractivity contribution in [3.8, 4) is 0 Å². The van der Waals surface area contributed by atoms with E-state index in [9.17, 15) is 40.2 Å². The number of hydrogen-bond donors (Lipinski definition) is 6. The van der Waals surface area contributed by atoms with Crippen molar-refractivity contribution in [2.75, 3.05) is 13.1 Å². The predicted octanol–water partition coefficient (Wildman–Crippen LogP) is -0.266. The van der Waals surface area contributed by atoms with Gasteiger partial charge in [0, 0.05) is 36.9 Å². The van der Waals surface area contributed by atoms with Gasteiger partial charge in [-0.3, -0.25) is 14.5 Å². The molecular weight excluding hydrogens is 482 g/mol. The Kier molecular flexibility index (Phi) is 5.53. The molecule has 14 atom stereocenters. The number of carbonyl (C=O) groups excluding carboxylic acids is 1. The van der Waals surface area contributed by atoms with Gasteiger partial charge in [0.1, 0.15) is 17.3 Å². The van der Waals surface area contributed by atoms with Crippen LogP contribution in [0.4, 0.5) is 0 Å². The first-order valence-corrected chi connectivity index (χ1v) is 13.9. The zero-order valence-corrected chi connectivity index (χ0v) is 21.8. The molecule has 3 aliphatic heterocycles. The maximum absolute atomic E-state index is 13.1. The Labute approximate surface area is 216 Å². The molecule has 0 aromatic rings. The summed E-state index contributed by atoms with van der Waals surface area (Å²) in [5.41, 5.74) is -5.64. The van der Waals surface area contributed by atoms with E-state index < -0.39 is 82.1 Å². The number of aliphatic hydroxyl groups excluding tert-OH is 3. The van der Waals surface area contributed by atoms with Crippen LogP contribution >= 0.6 is 0 Å². The van der Waals surface area contributed by atoms with E-state index in [1.54, 1.807) is 6.92 Å². The summed E-state index contributed by atoms with van der Waals surface area (Å²) in [6.45, 7) is 6.98. The predicted molar refractivity (Wildman–Crippen MR) is 128 cm³/mol. The van der Waals surface area contributed by atoms with Crippen molar-refractivity contribution in [3.05, 3.63) is 0 Å². The SMILES string of the molecule is C[C@H]1CC[C@@H]2N(C1)C[C@@H]1[C@H]([C@@H](O)[C@H](O)[C@]3(O)[C@H]1C[C@@]14OC(=O)[C@@H](C[C@@H](O)[C@@H]31)[C@]4(C)CCC(=O)O)[C@]2(C)O. The molecule has 0 aromatic carbocycles. The van der Waals surface area contributed by atoms with Gasteiger partial charge in [-0.2, -0.15) is 0 Å².